The number of alkyl halides is 1. The predicted molar refractivity (Wildman–Crippen MR) is 82.8 cm³/mol. The Labute approximate surface area is 143 Å². The first-order chi connectivity index (χ1) is 11.9. The number of nitrogens with zero attached hydrogens (tertiary/aromatic N) is 2. The summed E-state index contributed by atoms with van der Waals surface area (Å²) in [6.07, 6.45) is -0.879. The summed E-state index contributed by atoms with van der Waals surface area (Å²) in [5, 5.41) is 8.87. The highest BCUT2D eigenvalue weighted by Crippen LogP contribution is 2.36. The Morgan fingerprint density at radius 2 is 2.20 bits per heavy atom. The lowest BCUT2D eigenvalue weighted by Gasteiger charge is -2.12. The van der Waals surface area contributed by atoms with Crippen LogP contribution in [0.1, 0.15) is 27.2 Å². The number of nitriles is 1. The van der Waals surface area contributed by atoms with Crippen LogP contribution in [-0.4, -0.2) is 25.7 Å². The number of hydrogen-bond donors (Lipinski definition) is 1. The molecule has 0 amide bonds. The largest absolute Gasteiger partial charge is 0.455 e. The molecule has 2 atom stereocenters. The summed E-state index contributed by atoms with van der Waals surface area (Å²) in [7, 11) is 0. The number of Topliss-reactive ketones (excluding diaryl/α,β-unsaturated/α-hetero) is 1. The second kappa shape index (κ2) is 6.66. The Morgan fingerprint density at radius 3 is 2.88 bits per heavy atom. The molecule has 0 aliphatic heterocycles. The summed E-state index contributed by atoms with van der Waals surface area (Å²) < 4.78 is 52.9. The molecule has 9 heteroatoms. The highest BCUT2D eigenvalue weighted by atomic mass is 32.2. The molecule has 1 aromatic heterocycles. The van der Waals surface area contributed by atoms with Gasteiger partial charge in [0.1, 0.15) is 17.3 Å². The predicted octanol–water partition coefficient (Wildman–Crippen LogP) is 2.68. The molecule has 0 radical (unpaired) electrons. The smallest absolute Gasteiger partial charge is 0.199 e. The van der Waals surface area contributed by atoms with Crippen LogP contribution in [0.3, 0.4) is 0 Å². The van der Waals surface area contributed by atoms with Crippen LogP contribution in [0.15, 0.2) is 24.4 Å². The minimum atomic E-state index is -2.25. The van der Waals surface area contributed by atoms with Crippen LogP contribution in [0.4, 0.5) is 8.78 Å². The molecule has 0 saturated heterocycles. The number of carbonyl (C=O) groups excluding carboxylic acids is 1. The molecule has 25 heavy (non-hydrogen) atoms. The van der Waals surface area contributed by atoms with E-state index in [1.807, 2.05) is 0 Å². The van der Waals surface area contributed by atoms with Crippen LogP contribution in [0.2, 0.25) is 0 Å². The van der Waals surface area contributed by atoms with Gasteiger partial charge in [-0.2, -0.15) is 5.26 Å². The van der Waals surface area contributed by atoms with Gasteiger partial charge in [0.25, 0.3) is 0 Å². The van der Waals surface area contributed by atoms with Crippen molar-refractivity contribution in [2.75, 3.05) is 0 Å². The summed E-state index contributed by atoms with van der Waals surface area (Å²) in [6, 6.07) is 5.13. The van der Waals surface area contributed by atoms with Crippen LogP contribution in [-0.2, 0) is 23.3 Å². The Kier molecular flexibility index (Phi) is 4.57. The first-order valence-electron chi connectivity index (χ1n) is 7.04. The Bertz CT molecular complexity index is 942. The lowest BCUT2D eigenvalue weighted by Crippen LogP contribution is -2.11. The molecule has 0 spiro atoms. The lowest BCUT2D eigenvalue weighted by atomic mass is 10.1. The molecule has 6 nitrogen and oxygen atoms in total. The number of benzene rings is 1. The van der Waals surface area contributed by atoms with Gasteiger partial charge in [0, 0.05) is 18.1 Å². The van der Waals surface area contributed by atoms with Crippen molar-refractivity contribution in [3.8, 4) is 17.6 Å². The van der Waals surface area contributed by atoms with Gasteiger partial charge < -0.3 is 9.29 Å². The number of carbonyl (C=O) groups is 1. The summed E-state index contributed by atoms with van der Waals surface area (Å²) in [4.78, 5) is 15.9. The van der Waals surface area contributed by atoms with E-state index >= 15 is 0 Å². The topological polar surface area (TPSA) is 100 Å². The molecule has 0 saturated carbocycles. The maximum absolute atomic E-state index is 13.9. The Hall–Kier alpha value is -2.70. The fourth-order valence-electron chi connectivity index (χ4n) is 2.63. The molecular formula is C16H10F2N2O4S. The van der Waals surface area contributed by atoms with E-state index in [2.05, 4.69) is 4.98 Å². The minimum absolute atomic E-state index is 0.00490. The average Bonchev–Trinajstić information content (AvgIpc) is 2.85. The van der Waals surface area contributed by atoms with Crippen molar-refractivity contribution >= 4 is 16.9 Å². The van der Waals surface area contributed by atoms with Crippen LogP contribution in [0, 0.1) is 17.1 Å². The lowest BCUT2D eigenvalue weighted by molar-refractivity contribution is 0.0898. The molecule has 1 aliphatic rings. The number of fused-ring (bicyclic) bond motifs is 1. The molecule has 2 unspecified atom stereocenters. The van der Waals surface area contributed by atoms with Gasteiger partial charge in [0.15, 0.2) is 23.0 Å². The normalized spacial score (nSPS) is 17.0. The monoisotopic (exact) mass is 364 g/mol. The number of aromatic nitrogens is 1. The third-order valence-electron chi connectivity index (χ3n) is 3.63. The molecular weight excluding hydrogens is 354 g/mol. The highest BCUT2D eigenvalue weighted by Gasteiger charge is 2.36. The van der Waals surface area contributed by atoms with Crippen LogP contribution < -0.4 is 4.74 Å². The first-order valence-corrected chi connectivity index (χ1v) is 8.31. The third-order valence-corrected chi connectivity index (χ3v) is 4.15. The minimum Gasteiger partial charge on any atom is -0.455 e. The van der Waals surface area contributed by atoms with Gasteiger partial charge in [0.2, 0.25) is 0 Å². The maximum Gasteiger partial charge on any atom is 0.199 e. The number of rotatable bonds is 4. The quantitative estimate of drug-likeness (QED) is 0.837. The number of ether oxygens (including phenoxy) is 1. The van der Waals surface area contributed by atoms with E-state index in [1.54, 1.807) is 6.07 Å². The second-order valence-corrected chi connectivity index (χ2v) is 6.25. The molecule has 2 aromatic rings. The molecule has 1 aromatic carbocycles. The third kappa shape index (κ3) is 3.40. The second-order valence-electron chi connectivity index (χ2n) is 5.31. The highest BCUT2D eigenvalue weighted by molar-refractivity contribution is 7.78. The van der Waals surface area contributed by atoms with E-state index in [-0.39, 0.29) is 40.3 Å². The average molecular weight is 364 g/mol. The van der Waals surface area contributed by atoms with E-state index in [4.69, 9.17) is 14.6 Å². The summed E-state index contributed by atoms with van der Waals surface area (Å²) in [6.45, 7) is 0. The van der Waals surface area contributed by atoms with E-state index in [1.165, 1.54) is 12.3 Å². The summed E-state index contributed by atoms with van der Waals surface area (Å²) >= 11 is -2.25. The Morgan fingerprint density at radius 1 is 1.44 bits per heavy atom. The zero-order valence-electron chi connectivity index (χ0n) is 12.5. The number of hydrogen-bond acceptors (Lipinski definition) is 5. The van der Waals surface area contributed by atoms with E-state index in [0.29, 0.717) is 0 Å². The van der Waals surface area contributed by atoms with Crippen molar-refractivity contribution in [1.29, 1.82) is 5.26 Å². The van der Waals surface area contributed by atoms with Crippen molar-refractivity contribution in [3.63, 3.8) is 0 Å². The molecule has 1 heterocycles. The zero-order valence-corrected chi connectivity index (χ0v) is 13.3. The van der Waals surface area contributed by atoms with Crippen molar-refractivity contribution < 1.29 is 27.1 Å². The van der Waals surface area contributed by atoms with Gasteiger partial charge in [-0.25, -0.2) is 13.0 Å². The van der Waals surface area contributed by atoms with Gasteiger partial charge in [-0.3, -0.25) is 9.78 Å². The SMILES string of the molecule is N#Cc1cc(F)cc(Oc2cnc(CS(=O)O)c3c2CC(F)C3=O)c1. The summed E-state index contributed by atoms with van der Waals surface area (Å²) in [5.41, 5.74) is 0.164. The molecule has 0 fully saturated rings. The summed E-state index contributed by atoms with van der Waals surface area (Å²) in [5.74, 6) is -1.91. The van der Waals surface area contributed by atoms with Crippen molar-refractivity contribution in [2.45, 2.75) is 18.3 Å². The van der Waals surface area contributed by atoms with E-state index in [0.717, 1.165) is 12.1 Å². The van der Waals surface area contributed by atoms with Gasteiger partial charge in [-0.1, -0.05) is 0 Å². The molecule has 128 valence electrons. The van der Waals surface area contributed by atoms with E-state index < -0.39 is 34.6 Å². The Balaban J connectivity index is 2.04. The number of halogens is 2. The molecule has 1 aliphatic carbocycles. The van der Waals surface area contributed by atoms with E-state index in [9.17, 15) is 17.8 Å². The fraction of sp³-hybridized carbons (Fsp3) is 0.188. The maximum atomic E-state index is 13.9. The van der Waals surface area contributed by atoms with Crippen molar-refractivity contribution in [3.05, 3.63) is 52.6 Å². The first kappa shape index (κ1) is 17.1. The van der Waals surface area contributed by atoms with Crippen molar-refractivity contribution in [1.82, 2.24) is 4.98 Å². The number of pyridine rings is 1. The van der Waals surface area contributed by atoms with Gasteiger partial charge in [-0.15, -0.1) is 0 Å². The standard InChI is InChI=1S/C16H10F2N2O4S/c17-9-1-8(5-19)2-10(3-9)24-14-6-20-13(7-25(22)23)15-11(14)4-12(18)16(15)21/h1-3,6,12H,4,7H2,(H,22,23). The zero-order chi connectivity index (χ0) is 18.1. The van der Waals surface area contributed by atoms with Crippen LogP contribution in [0.5, 0.6) is 11.5 Å². The van der Waals surface area contributed by atoms with Gasteiger partial charge in [0.05, 0.1) is 34.8 Å². The molecule has 0 bridgehead atoms. The van der Waals surface area contributed by atoms with Gasteiger partial charge >= 0.3 is 0 Å². The fourth-order valence-corrected chi connectivity index (χ4v) is 3.08. The molecule has 1 N–H and O–H groups in total. The van der Waals surface area contributed by atoms with Crippen molar-refractivity contribution in [2.24, 2.45) is 0 Å². The van der Waals surface area contributed by atoms with Gasteiger partial charge in [-0.05, 0) is 12.1 Å². The van der Waals surface area contributed by atoms with Crippen LogP contribution in [0.25, 0.3) is 0 Å². The van der Waals surface area contributed by atoms with Crippen LogP contribution >= 0.6 is 0 Å². The number of ketones is 1. The molecule has 3 rings (SSSR count).